The number of rotatable bonds is 3. The standard InChI is InChI=1S/C16H24N2O/c1-2-4-14(5-3-1)12-18-10-11-19-13-16(18)15-6-8-17-9-7-15/h1-5,15-17H,6-13H2. The van der Waals surface area contributed by atoms with Gasteiger partial charge in [0.1, 0.15) is 0 Å². The first-order chi connectivity index (χ1) is 9.43. The van der Waals surface area contributed by atoms with Gasteiger partial charge in [-0.25, -0.2) is 0 Å². The third kappa shape index (κ3) is 3.35. The molecule has 2 fully saturated rings. The molecule has 0 aromatic heterocycles. The molecule has 0 saturated carbocycles. The number of nitrogens with zero attached hydrogens (tertiary/aromatic N) is 1. The quantitative estimate of drug-likeness (QED) is 0.898. The molecule has 0 radical (unpaired) electrons. The largest absolute Gasteiger partial charge is 0.378 e. The van der Waals surface area contributed by atoms with E-state index in [2.05, 4.69) is 40.5 Å². The fourth-order valence-electron chi connectivity index (χ4n) is 3.33. The average molecular weight is 260 g/mol. The lowest BCUT2D eigenvalue weighted by Crippen LogP contribution is -2.51. The van der Waals surface area contributed by atoms with Crippen LogP contribution in [-0.2, 0) is 11.3 Å². The Morgan fingerprint density at radius 2 is 1.95 bits per heavy atom. The van der Waals surface area contributed by atoms with E-state index in [-0.39, 0.29) is 0 Å². The van der Waals surface area contributed by atoms with E-state index in [4.69, 9.17) is 4.74 Å². The highest BCUT2D eigenvalue weighted by atomic mass is 16.5. The molecule has 0 aliphatic carbocycles. The highest BCUT2D eigenvalue weighted by molar-refractivity contribution is 5.14. The van der Waals surface area contributed by atoms with E-state index in [1.54, 1.807) is 0 Å². The molecule has 3 nitrogen and oxygen atoms in total. The molecule has 1 unspecified atom stereocenters. The van der Waals surface area contributed by atoms with Crippen molar-refractivity contribution in [2.24, 2.45) is 5.92 Å². The van der Waals surface area contributed by atoms with E-state index in [9.17, 15) is 0 Å². The molecule has 0 amide bonds. The molecule has 2 saturated heterocycles. The van der Waals surface area contributed by atoms with Crippen LogP contribution in [0.25, 0.3) is 0 Å². The van der Waals surface area contributed by atoms with Gasteiger partial charge in [0, 0.05) is 19.1 Å². The van der Waals surface area contributed by atoms with Gasteiger partial charge in [-0.05, 0) is 37.4 Å². The second kappa shape index (κ2) is 6.51. The summed E-state index contributed by atoms with van der Waals surface area (Å²) in [5, 5.41) is 3.46. The minimum atomic E-state index is 0.607. The van der Waals surface area contributed by atoms with Crippen molar-refractivity contribution in [3.8, 4) is 0 Å². The van der Waals surface area contributed by atoms with E-state index < -0.39 is 0 Å². The van der Waals surface area contributed by atoms with Crippen molar-refractivity contribution in [2.75, 3.05) is 32.8 Å². The number of ether oxygens (including phenoxy) is 1. The number of piperidine rings is 1. The molecule has 1 aromatic rings. The summed E-state index contributed by atoms with van der Waals surface area (Å²) in [6, 6.07) is 11.4. The maximum absolute atomic E-state index is 5.74. The minimum Gasteiger partial charge on any atom is -0.378 e. The van der Waals surface area contributed by atoms with E-state index in [1.807, 2.05) is 0 Å². The zero-order valence-corrected chi connectivity index (χ0v) is 11.6. The SMILES string of the molecule is c1ccc(CN2CCOCC2C2CCNCC2)cc1. The number of morpholine rings is 1. The summed E-state index contributed by atoms with van der Waals surface area (Å²) in [6.07, 6.45) is 2.58. The average Bonchev–Trinajstić information content (AvgIpc) is 2.50. The van der Waals surface area contributed by atoms with Crippen molar-refractivity contribution >= 4 is 0 Å². The van der Waals surface area contributed by atoms with Crippen LogP contribution < -0.4 is 5.32 Å². The van der Waals surface area contributed by atoms with Gasteiger partial charge in [-0.2, -0.15) is 0 Å². The summed E-state index contributed by atoms with van der Waals surface area (Å²) in [4.78, 5) is 2.63. The Morgan fingerprint density at radius 1 is 1.16 bits per heavy atom. The number of nitrogens with one attached hydrogen (secondary N) is 1. The molecule has 1 aromatic carbocycles. The van der Waals surface area contributed by atoms with E-state index in [0.717, 1.165) is 32.2 Å². The zero-order valence-electron chi connectivity index (χ0n) is 11.6. The van der Waals surface area contributed by atoms with E-state index >= 15 is 0 Å². The van der Waals surface area contributed by atoms with E-state index in [1.165, 1.54) is 31.5 Å². The van der Waals surface area contributed by atoms with Gasteiger partial charge in [0.2, 0.25) is 0 Å². The first-order valence-electron chi connectivity index (χ1n) is 7.50. The topological polar surface area (TPSA) is 24.5 Å². The summed E-state index contributed by atoms with van der Waals surface area (Å²) in [5.74, 6) is 0.797. The maximum Gasteiger partial charge on any atom is 0.0625 e. The van der Waals surface area contributed by atoms with Gasteiger partial charge in [-0.3, -0.25) is 4.90 Å². The first-order valence-corrected chi connectivity index (χ1v) is 7.50. The van der Waals surface area contributed by atoms with Gasteiger partial charge in [-0.1, -0.05) is 30.3 Å². The first kappa shape index (κ1) is 13.1. The second-order valence-corrected chi connectivity index (χ2v) is 5.69. The molecule has 0 spiro atoms. The van der Waals surface area contributed by atoms with Gasteiger partial charge in [0.05, 0.1) is 13.2 Å². The molecule has 3 heteroatoms. The van der Waals surface area contributed by atoms with Crippen LogP contribution in [-0.4, -0.2) is 43.8 Å². The van der Waals surface area contributed by atoms with Crippen molar-refractivity contribution in [1.82, 2.24) is 10.2 Å². The predicted octanol–water partition coefficient (Wildman–Crippen LogP) is 1.89. The fourth-order valence-corrected chi connectivity index (χ4v) is 3.33. The van der Waals surface area contributed by atoms with Crippen LogP contribution in [0.4, 0.5) is 0 Å². The van der Waals surface area contributed by atoms with Crippen molar-refractivity contribution in [1.29, 1.82) is 0 Å². The van der Waals surface area contributed by atoms with Gasteiger partial charge in [0.15, 0.2) is 0 Å². The fraction of sp³-hybridized carbons (Fsp3) is 0.625. The molecule has 19 heavy (non-hydrogen) atoms. The lowest BCUT2D eigenvalue weighted by atomic mass is 9.88. The Hall–Kier alpha value is -0.900. The Morgan fingerprint density at radius 3 is 2.74 bits per heavy atom. The van der Waals surface area contributed by atoms with Crippen molar-refractivity contribution in [3.63, 3.8) is 0 Å². The van der Waals surface area contributed by atoms with Crippen LogP contribution in [0, 0.1) is 5.92 Å². The van der Waals surface area contributed by atoms with Crippen molar-refractivity contribution in [2.45, 2.75) is 25.4 Å². The van der Waals surface area contributed by atoms with Gasteiger partial charge in [0.25, 0.3) is 0 Å². The van der Waals surface area contributed by atoms with Crippen LogP contribution in [0.3, 0.4) is 0 Å². The van der Waals surface area contributed by atoms with Crippen molar-refractivity contribution < 1.29 is 4.74 Å². The third-order valence-corrected chi connectivity index (χ3v) is 4.44. The molecular formula is C16H24N2O. The van der Waals surface area contributed by atoms with Gasteiger partial charge >= 0.3 is 0 Å². The summed E-state index contributed by atoms with van der Waals surface area (Å²) < 4.78 is 5.74. The smallest absolute Gasteiger partial charge is 0.0625 e. The predicted molar refractivity (Wildman–Crippen MR) is 77.1 cm³/mol. The summed E-state index contributed by atoms with van der Waals surface area (Å²) >= 11 is 0. The molecule has 2 aliphatic rings. The van der Waals surface area contributed by atoms with Gasteiger partial charge < -0.3 is 10.1 Å². The molecule has 1 atom stereocenters. The number of hydrogen-bond acceptors (Lipinski definition) is 3. The van der Waals surface area contributed by atoms with Gasteiger partial charge in [-0.15, -0.1) is 0 Å². The highest BCUT2D eigenvalue weighted by Gasteiger charge is 2.31. The Kier molecular flexibility index (Phi) is 4.49. The lowest BCUT2D eigenvalue weighted by Gasteiger charge is -2.41. The molecule has 2 aliphatic heterocycles. The lowest BCUT2D eigenvalue weighted by molar-refractivity contribution is -0.0392. The summed E-state index contributed by atoms with van der Waals surface area (Å²) in [6.45, 7) is 6.27. The number of hydrogen-bond donors (Lipinski definition) is 1. The molecule has 2 heterocycles. The third-order valence-electron chi connectivity index (χ3n) is 4.44. The van der Waals surface area contributed by atoms with Crippen LogP contribution in [0.1, 0.15) is 18.4 Å². The van der Waals surface area contributed by atoms with Crippen LogP contribution in [0.2, 0.25) is 0 Å². The Balaban J connectivity index is 1.66. The normalized spacial score (nSPS) is 26.4. The van der Waals surface area contributed by atoms with Crippen LogP contribution in [0.15, 0.2) is 30.3 Å². The molecule has 104 valence electrons. The maximum atomic E-state index is 5.74. The van der Waals surface area contributed by atoms with Crippen molar-refractivity contribution in [3.05, 3.63) is 35.9 Å². The summed E-state index contributed by atoms with van der Waals surface area (Å²) in [7, 11) is 0. The monoisotopic (exact) mass is 260 g/mol. The molecular weight excluding hydrogens is 236 g/mol. The minimum absolute atomic E-state index is 0.607. The van der Waals surface area contributed by atoms with Crippen LogP contribution in [0.5, 0.6) is 0 Å². The molecule has 3 rings (SSSR count). The summed E-state index contributed by atoms with van der Waals surface area (Å²) in [5.41, 5.74) is 1.42. The Labute approximate surface area is 115 Å². The van der Waals surface area contributed by atoms with Crippen LogP contribution >= 0.6 is 0 Å². The molecule has 0 bridgehead atoms. The Bertz CT molecular complexity index is 376. The number of benzene rings is 1. The molecule has 1 N–H and O–H groups in total. The zero-order chi connectivity index (χ0) is 12.9. The van der Waals surface area contributed by atoms with E-state index in [0.29, 0.717) is 6.04 Å². The second-order valence-electron chi connectivity index (χ2n) is 5.69. The highest BCUT2D eigenvalue weighted by Crippen LogP contribution is 2.25.